The predicted molar refractivity (Wildman–Crippen MR) is 79.2 cm³/mol. The molecule has 3 heteroatoms. The SMILES string of the molecule is Cc1cc(C)c(NC(=O)C(C)(C)C)c(C(C)(C)O)c1. The fraction of sp³-hybridized carbons (Fsp3) is 0.562. The highest BCUT2D eigenvalue weighted by molar-refractivity contribution is 5.96. The molecule has 1 amide bonds. The van der Waals surface area contributed by atoms with Crippen molar-refractivity contribution in [1.82, 2.24) is 0 Å². The molecule has 0 aromatic heterocycles. The van der Waals surface area contributed by atoms with Crippen LogP contribution in [0, 0.1) is 19.3 Å². The van der Waals surface area contributed by atoms with Crippen molar-refractivity contribution in [2.45, 2.75) is 54.1 Å². The van der Waals surface area contributed by atoms with Crippen LogP contribution in [0.1, 0.15) is 51.3 Å². The number of hydrogen-bond acceptors (Lipinski definition) is 2. The van der Waals surface area contributed by atoms with Crippen molar-refractivity contribution in [3.63, 3.8) is 0 Å². The molecule has 0 heterocycles. The second kappa shape index (κ2) is 4.97. The fourth-order valence-electron chi connectivity index (χ4n) is 1.92. The fourth-order valence-corrected chi connectivity index (χ4v) is 1.92. The molecule has 0 bridgehead atoms. The highest BCUT2D eigenvalue weighted by atomic mass is 16.3. The van der Waals surface area contributed by atoms with Gasteiger partial charge in [-0.15, -0.1) is 0 Å². The van der Waals surface area contributed by atoms with E-state index in [-0.39, 0.29) is 5.91 Å². The van der Waals surface area contributed by atoms with Gasteiger partial charge in [-0.05, 0) is 33.3 Å². The van der Waals surface area contributed by atoms with Gasteiger partial charge in [0.25, 0.3) is 0 Å². The maximum absolute atomic E-state index is 12.2. The molecule has 0 radical (unpaired) electrons. The quantitative estimate of drug-likeness (QED) is 0.857. The molecule has 3 nitrogen and oxygen atoms in total. The van der Waals surface area contributed by atoms with Crippen LogP contribution >= 0.6 is 0 Å². The average Bonchev–Trinajstić information content (AvgIpc) is 2.18. The minimum absolute atomic E-state index is 0.0510. The Morgan fingerprint density at radius 1 is 1.11 bits per heavy atom. The molecule has 1 aromatic carbocycles. The summed E-state index contributed by atoms with van der Waals surface area (Å²) in [5.74, 6) is -0.0510. The van der Waals surface area contributed by atoms with Crippen LogP contribution < -0.4 is 5.32 Å². The van der Waals surface area contributed by atoms with E-state index >= 15 is 0 Å². The lowest BCUT2D eigenvalue weighted by atomic mass is 9.90. The Bertz CT molecular complexity index is 491. The molecule has 2 N–H and O–H groups in total. The summed E-state index contributed by atoms with van der Waals surface area (Å²) in [6.07, 6.45) is 0. The van der Waals surface area contributed by atoms with Gasteiger partial charge in [0, 0.05) is 16.7 Å². The van der Waals surface area contributed by atoms with E-state index in [0.29, 0.717) is 0 Å². The maximum atomic E-state index is 12.2. The van der Waals surface area contributed by atoms with Crippen molar-refractivity contribution < 1.29 is 9.90 Å². The third kappa shape index (κ3) is 3.80. The average molecular weight is 263 g/mol. The third-order valence-corrected chi connectivity index (χ3v) is 3.06. The van der Waals surface area contributed by atoms with Crippen molar-refractivity contribution in [2.24, 2.45) is 5.41 Å². The van der Waals surface area contributed by atoms with E-state index < -0.39 is 11.0 Å². The van der Waals surface area contributed by atoms with Gasteiger partial charge in [0.2, 0.25) is 5.91 Å². The number of aliphatic hydroxyl groups is 1. The van der Waals surface area contributed by atoms with Gasteiger partial charge in [-0.1, -0.05) is 38.5 Å². The molecule has 0 unspecified atom stereocenters. The molecule has 1 rings (SSSR count). The van der Waals surface area contributed by atoms with E-state index in [2.05, 4.69) is 5.32 Å². The van der Waals surface area contributed by atoms with Crippen LogP contribution in [-0.4, -0.2) is 11.0 Å². The lowest BCUT2D eigenvalue weighted by Gasteiger charge is -2.26. The van der Waals surface area contributed by atoms with E-state index in [1.165, 1.54) is 0 Å². The summed E-state index contributed by atoms with van der Waals surface area (Å²) < 4.78 is 0. The molecule has 0 aliphatic carbocycles. The predicted octanol–water partition coefficient (Wildman–Crippen LogP) is 3.52. The molecule has 1 aromatic rings. The summed E-state index contributed by atoms with van der Waals surface area (Å²) in [7, 11) is 0. The number of benzene rings is 1. The number of rotatable bonds is 2. The van der Waals surface area contributed by atoms with E-state index in [1.807, 2.05) is 46.8 Å². The van der Waals surface area contributed by atoms with Gasteiger partial charge in [0.1, 0.15) is 0 Å². The zero-order valence-electron chi connectivity index (χ0n) is 13.0. The van der Waals surface area contributed by atoms with Crippen LogP contribution in [0.4, 0.5) is 5.69 Å². The van der Waals surface area contributed by atoms with E-state index in [0.717, 1.165) is 22.4 Å². The van der Waals surface area contributed by atoms with Crippen molar-refractivity contribution in [3.05, 3.63) is 28.8 Å². The number of carbonyl (C=O) groups excluding carboxylic acids is 1. The standard InChI is InChI=1S/C16H25NO2/c1-10-8-11(2)13(12(9-10)16(6,7)19)17-14(18)15(3,4)5/h8-9,19H,1-7H3,(H,17,18). The monoisotopic (exact) mass is 263 g/mol. The van der Waals surface area contributed by atoms with Gasteiger partial charge < -0.3 is 10.4 Å². The molecular weight excluding hydrogens is 238 g/mol. The second-order valence-corrected chi connectivity index (χ2v) is 6.77. The summed E-state index contributed by atoms with van der Waals surface area (Å²) in [5, 5.41) is 13.2. The van der Waals surface area contributed by atoms with Crippen LogP contribution in [0.3, 0.4) is 0 Å². The molecular formula is C16H25NO2. The van der Waals surface area contributed by atoms with Gasteiger partial charge in [-0.2, -0.15) is 0 Å². The maximum Gasteiger partial charge on any atom is 0.229 e. The smallest absolute Gasteiger partial charge is 0.229 e. The van der Waals surface area contributed by atoms with Gasteiger partial charge in [0.05, 0.1) is 5.60 Å². The summed E-state index contributed by atoms with van der Waals surface area (Å²) in [6.45, 7) is 13.0. The minimum Gasteiger partial charge on any atom is -0.386 e. The molecule has 0 saturated heterocycles. The lowest BCUT2D eigenvalue weighted by molar-refractivity contribution is -0.123. The Balaban J connectivity index is 3.31. The molecule has 0 aliphatic heterocycles. The van der Waals surface area contributed by atoms with Crippen LogP contribution in [0.5, 0.6) is 0 Å². The van der Waals surface area contributed by atoms with Crippen LogP contribution in [0.15, 0.2) is 12.1 Å². The lowest BCUT2D eigenvalue weighted by Crippen LogP contribution is -2.30. The van der Waals surface area contributed by atoms with Gasteiger partial charge in [-0.3, -0.25) is 4.79 Å². The first kappa shape index (κ1) is 15.7. The van der Waals surface area contributed by atoms with Crippen LogP contribution in [0.25, 0.3) is 0 Å². The molecule has 0 spiro atoms. The van der Waals surface area contributed by atoms with Crippen LogP contribution in [0.2, 0.25) is 0 Å². The first-order chi connectivity index (χ1) is 8.43. The number of anilines is 1. The van der Waals surface area contributed by atoms with Crippen molar-refractivity contribution in [1.29, 1.82) is 0 Å². The molecule has 0 aliphatic rings. The molecule has 0 saturated carbocycles. The summed E-state index contributed by atoms with van der Waals surface area (Å²) >= 11 is 0. The zero-order chi connectivity index (χ0) is 15.0. The van der Waals surface area contributed by atoms with Gasteiger partial charge in [0.15, 0.2) is 0 Å². The highest BCUT2D eigenvalue weighted by Gasteiger charge is 2.26. The number of hydrogen-bond donors (Lipinski definition) is 2. The second-order valence-electron chi connectivity index (χ2n) is 6.77. The zero-order valence-corrected chi connectivity index (χ0v) is 13.0. The van der Waals surface area contributed by atoms with E-state index in [1.54, 1.807) is 13.8 Å². The third-order valence-electron chi connectivity index (χ3n) is 3.06. The first-order valence-electron chi connectivity index (χ1n) is 6.58. The number of carbonyl (C=O) groups is 1. The molecule has 106 valence electrons. The van der Waals surface area contributed by atoms with Crippen LogP contribution in [-0.2, 0) is 10.4 Å². The normalized spacial score (nSPS) is 12.4. The van der Waals surface area contributed by atoms with E-state index in [4.69, 9.17) is 0 Å². The number of aryl methyl sites for hydroxylation is 2. The van der Waals surface area contributed by atoms with Crippen molar-refractivity contribution in [3.8, 4) is 0 Å². The molecule has 0 atom stereocenters. The largest absolute Gasteiger partial charge is 0.386 e. The van der Waals surface area contributed by atoms with Crippen molar-refractivity contribution in [2.75, 3.05) is 5.32 Å². The van der Waals surface area contributed by atoms with E-state index in [9.17, 15) is 9.90 Å². The number of nitrogens with one attached hydrogen (secondary N) is 1. The molecule has 0 fully saturated rings. The minimum atomic E-state index is -0.989. The van der Waals surface area contributed by atoms with Gasteiger partial charge in [-0.25, -0.2) is 0 Å². The Morgan fingerprint density at radius 2 is 1.63 bits per heavy atom. The summed E-state index contributed by atoms with van der Waals surface area (Å²) in [6, 6.07) is 3.93. The van der Waals surface area contributed by atoms with Gasteiger partial charge >= 0.3 is 0 Å². The molecule has 19 heavy (non-hydrogen) atoms. The Hall–Kier alpha value is -1.35. The number of amides is 1. The first-order valence-corrected chi connectivity index (χ1v) is 6.58. The van der Waals surface area contributed by atoms with Crippen molar-refractivity contribution >= 4 is 11.6 Å². The summed E-state index contributed by atoms with van der Waals surface area (Å²) in [4.78, 5) is 12.2. The topological polar surface area (TPSA) is 49.3 Å². The summed E-state index contributed by atoms with van der Waals surface area (Å²) in [5.41, 5.74) is 2.06. The Labute approximate surface area is 116 Å². The Morgan fingerprint density at radius 3 is 2.05 bits per heavy atom. The Kier molecular flexibility index (Phi) is 4.11. The highest BCUT2D eigenvalue weighted by Crippen LogP contribution is 2.32.